The van der Waals surface area contributed by atoms with Gasteiger partial charge in [0.15, 0.2) is 0 Å². The van der Waals surface area contributed by atoms with Crippen molar-refractivity contribution in [3.63, 3.8) is 0 Å². The van der Waals surface area contributed by atoms with Gasteiger partial charge in [-0.2, -0.15) is 0 Å². The highest BCUT2D eigenvalue weighted by Crippen LogP contribution is 2.36. The Labute approximate surface area is 211 Å². The minimum atomic E-state index is -1.44. The topological polar surface area (TPSA) is 66.8 Å². The molecular weight excluding hydrogens is 450 g/mol. The number of rotatable bonds is 10. The van der Waals surface area contributed by atoms with Crippen LogP contribution >= 0.6 is 0 Å². The van der Waals surface area contributed by atoms with Gasteiger partial charge in [0.1, 0.15) is 0 Å². The van der Waals surface area contributed by atoms with E-state index in [1.807, 2.05) is 97.9 Å². The summed E-state index contributed by atoms with van der Waals surface area (Å²) in [5, 5.41) is 10.4. The number of aliphatic carboxylic acids is 1. The summed E-state index contributed by atoms with van der Waals surface area (Å²) in [7, 11) is 0. The largest absolute Gasteiger partial charge is 0.478 e. The highest BCUT2D eigenvalue weighted by atomic mass is 16.6. The van der Waals surface area contributed by atoms with Gasteiger partial charge in [0.2, 0.25) is 6.10 Å². The third-order valence-electron chi connectivity index (χ3n) is 6.26. The average Bonchev–Trinajstić information content (AvgIpc) is 2.93. The Hall–Kier alpha value is -4.22. The minimum absolute atomic E-state index is 0.172. The molecule has 4 rings (SSSR count). The molecule has 0 bridgehead atoms. The molecule has 4 aromatic rings. The first-order valence-electron chi connectivity index (χ1n) is 11.9. The zero-order valence-corrected chi connectivity index (χ0v) is 20.1. The van der Waals surface area contributed by atoms with E-state index in [-0.39, 0.29) is 6.04 Å². The molecule has 0 spiro atoms. The molecule has 36 heavy (non-hydrogen) atoms. The zero-order valence-electron chi connectivity index (χ0n) is 20.1. The van der Waals surface area contributed by atoms with Gasteiger partial charge < -0.3 is 9.84 Å². The molecule has 0 saturated heterocycles. The highest BCUT2D eigenvalue weighted by molar-refractivity contribution is 5.91. The Morgan fingerprint density at radius 3 is 1.72 bits per heavy atom. The van der Waals surface area contributed by atoms with E-state index >= 15 is 0 Å². The van der Waals surface area contributed by atoms with Gasteiger partial charge >= 0.3 is 11.9 Å². The lowest BCUT2D eigenvalue weighted by Crippen LogP contribution is -2.44. The summed E-state index contributed by atoms with van der Waals surface area (Å²) < 4.78 is 5.74. The molecule has 0 amide bonds. The van der Waals surface area contributed by atoms with Crippen LogP contribution < -0.4 is 0 Å². The predicted molar refractivity (Wildman–Crippen MR) is 139 cm³/mol. The molecule has 0 aliphatic carbocycles. The highest BCUT2D eigenvalue weighted by Gasteiger charge is 2.39. The molecule has 0 aromatic heterocycles. The van der Waals surface area contributed by atoms with Crippen LogP contribution in [0.1, 0.15) is 46.1 Å². The van der Waals surface area contributed by atoms with Gasteiger partial charge in [0.05, 0.1) is 11.6 Å². The van der Waals surface area contributed by atoms with Crippen molar-refractivity contribution in [2.45, 2.75) is 31.7 Å². The number of carbonyl (C=O) groups excluding carboxylic acids is 1. The molecule has 4 aromatic carbocycles. The zero-order chi connectivity index (χ0) is 25.3. The van der Waals surface area contributed by atoms with Gasteiger partial charge in [-0.05, 0) is 35.7 Å². The van der Waals surface area contributed by atoms with E-state index in [0.717, 1.165) is 16.7 Å². The second-order valence-corrected chi connectivity index (χ2v) is 8.63. The van der Waals surface area contributed by atoms with E-state index in [2.05, 4.69) is 4.90 Å². The van der Waals surface area contributed by atoms with Crippen LogP contribution in [0.4, 0.5) is 0 Å². The molecule has 0 aliphatic rings. The third kappa shape index (κ3) is 6.06. The monoisotopic (exact) mass is 479 g/mol. The third-order valence-corrected chi connectivity index (χ3v) is 6.26. The van der Waals surface area contributed by atoms with Crippen LogP contribution in [0.5, 0.6) is 0 Å². The van der Waals surface area contributed by atoms with Gasteiger partial charge in [-0.25, -0.2) is 9.59 Å². The van der Waals surface area contributed by atoms with Crippen molar-refractivity contribution in [2.24, 2.45) is 0 Å². The molecule has 182 valence electrons. The van der Waals surface area contributed by atoms with Crippen molar-refractivity contribution < 1.29 is 19.4 Å². The molecule has 1 unspecified atom stereocenters. The van der Waals surface area contributed by atoms with Gasteiger partial charge in [-0.3, -0.25) is 4.90 Å². The van der Waals surface area contributed by atoms with E-state index < -0.39 is 24.1 Å². The first-order valence-corrected chi connectivity index (χ1v) is 11.9. The number of carboxylic acids is 1. The average molecular weight is 480 g/mol. The summed E-state index contributed by atoms with van der Waals surface area (Å²) in [6.07, 6.45) is -1.44. The van der Waals surface area contributed by atoms with Crippen molar-refractivity contribution in [1.29, 1.82) is 0 Å². The lowest BCUT2D eigenvalue weighted by molar-refractivity contribution is -0.152. The number of nitrogens with zero attached hydrogens (tertiary/aromatic N) is 1. The van der Waals surface area contributed by atoms with Crippen LogP contribution in [-0.2, 0) is 16.1 Å². The van der Waals surface area contributed by atoms with Crippen molar-refractivity contribution in [3.05, 3.63) is 144 Å². The van der Waals surface area contributed by atoms with Crippen molar-refractivity contribution >= 4 is 11.9 Å². The van der Waals surface area contributed by atoms with Crippen molar-refractivity contribution in [1.82, 2.24) is 4.90 Å². The van der Waals surface area contributed by atoms with Gasteiger partial charge in [-0.15, -0.1) is 0 Å². The quantitative estimate of drug-likeness (QED) is 0.270. The van der Waals surface area contributed by atoms with Gasteiger partial charge in [0, 0.05) is 12.6 Å². The minimum Gasteiger partial charge on any atom is -0.478 e. The number of carboxylic acid groups (broad SMARTS) is 1. The summed E-state index contributed by atoms with van der Waals surface area (Å²) in [4.78, 5) is 27.8. The normalized spacial score (nSPS) is 13.5. The second-order valence-electron chi connectivity index (χ2n) is 8.63. The van der Waals surface area contributed by atoms with E-state index in [0.29, 0.717) is 12.1 Å². The molecule has 0 saturated carbocycles. The van der Waals surface area contributed by atoms with Crippen molar-refractivity contribution in [2.75, 3.05) is 0 Å². The first-order chi connectivity index (χ1) is 17.5. The summed E-state index contributed by atoms with van der Waals surface area (Å²) >= 11 is 0. The van der Waals surface area contributed by atoms with E-state index in [9.17, 15) is 14.7 Å². The predicted octanol–water partition coefficient (Wildman–Crippen LogP) is 6.30. The molecule has 0 fully saturated rings. The van der Waals surface area contributed by atoms with Crippen LogP contribution in [0.25, 0.3) is 0 Å². The van der Waals surface area contributed by atoms with Crippen molar-refractivity contribution in [3.8, 4) is 0 Å². The molecule has 0 aliphatic heterocycles. The first kappa shape index (κ1) is 24.9. The number of hydrogen-bond acceptors (Lipinski definition) is 4. The van der Waals surface area contributed by atoms with Crippen LogP contribution in [0.3, 0.4) is 0 Å². The van der Waals surface area contributed by atoms with Crippen LogP contribution in [-0.4, -0.2) is 28.0 Å². The molecular formula is C31H29NO4. The number of ether oxygens (including phenoxy) is 1. The van der Waals surface area contributed by atoms with Gasteiger partial charge in [-0.1, -0.05) is 109 Å². The fourth-order valence-electron chi connectivity index (χ4n) is 4.39. The number of hydrogen-bond donors (Lipinski definition) is 1. The molecule has 1 N–H and O–H groups in total. The molecule has 5 heteroatoms. The molecule has 0 heterocycles. The van der Waals surface area contributed by atoms with Crippen LogP contribution in [0, 0.1) is 0 Å². The Balaban J connectivity index is 1.80. The summed E-state index contributed by atoms with van der Waals surface area (Å²) in [5.74, 6) is -1.87. The summed E-state index contributed by atoms with van der Waals surface area (Å²) in [5.41, 5.74) is 3.12. The Bertz CT molecular complexity index is 1250. The van der Waals surface area contributed by atoms with E-state index in [4.69, 9.17) is 4.74 Å². The summed E-state index contributed by atoms with van der Waals surface area (Å²) in [6, 6.07) is 36.8. The number of carbonyl (C=O) groups is 2. The lowest BCUT2D eigenvalue weighted by Gasteiger charge is -2.39. The molecule has 0 radical (unpaired) electrons. The van der Waals surface area contributed by atoms with E-state index in [1.165, 1.54) is 0 Å². The number of benzene rings is 4. The van der Waals surface area contributed by atoms with Crippen LogP contribution in [0.15, 0.2) is 121 Å². The number of esters is 1. The molecule has 5 nitrogen and oxygen atoms in total. The Kier molecular flexibility index (Phi) is 8.27. The maximum atomic E-state index is 13.0. The standard InChI is InChI=1S/C31H29NO4/c1-23(25-16-8-3-9-17-25)32(22-24-14-6-2-7-15-24)28(26-18-10-4-11-19-26)29(30(33)34)36-31(35)27-20-12-5-13-21-27/h2-21,23,28-29H,22H2,1H3,(H,33,34)/t23-,28?,29-/m0/s1. The smallest absolute Gasteiger partial charge is 0.347 e. The van der Waals surface area contributed by atoms with Crippen LogP contribution in [0.2, 0.25) is 0 Å². The Morgan fingerprint density at radius 2 is 1.19 bits per heavy atom. The SMILES string of the molecule is C[C@@H](c1ccccc1)N(Cc1ccccc1)C(c1ccccc1)[C@H](OC(=O)c1ccccc1)C(=O)O. The Morgan fingerprint density at radius 1 is 0.722 bits per heavy atom. The lowest BCUT2D eigenvalue weighted by atomic mass is 9.94. The molecule has 3 atom stereocenters. The fourth-order valence-corrected chi connectivity index (χ4v) is 4.39. The van der Waals surface area contributed by atoms with E-state index in [1.54, 1.807) is 30.3 Å². The maximum absolute atomic E-state index is 13.0. The second kappa shape index (κ2) is 12.0. The maximum Gasteiger partial charge on any atom is 0.347 e. The fraction of sp³-hybridized carbons (Fsp3) is 0.161. The summed E-state index contributed by atoms with van der Waals surface area (Å²) in [6.45, 7) is 2.51. The van der Waals surface area contributed by atoms with Gasteiger partial charge in [0.25, 0.3) is 0 Å².